The van der Waals surface area contributed by atoms with Crippen molar-refractivity contribution >= 4 is 56.4 Å². The second-order valence-corrected chi connectivity index (χ2v) is 12.0. The molecule has 0 atom stereocenters. The molecule has 0 bridgehead atoms. The highest BCUT2D eigenvalue weighted by atomic mass is 35.5. The van der Waals surface area contributed by atoms with Gasteiger partial charge in [0.15, 0.2) is 12.4 Å². The minimum absolute atomic E-state index is 0.00903. The smallest absolute Gasteiger partial charge is 0.340 e. The van der Waals surface area contributed by atoms with Gasteiger partial charge in [-0.3, -0.25) is 9.52 Å². The molecule has 4 rings (SSSR count). The van der Waals surface area contributed by atoms with Crippen molar-refractivity contribution in [1.29, 1.82) is 0 Å². The lowest BCUT2D eigenvalue weighted by Gasteiger charge is -2.23. The molecule has 1 heterocycles. The fourth-order valence-electron chi connectivity index (χ4n) is 4.37. The van der Waals surface area contributed by atoms with Crippen LogP contribution in [0, 0.1) is 6.92 Å². The van der Waals surface area contributed by atoms with E-state index in [1.807, 2.05) is 50.1 Å². The number of likely N-dealkylation sites (N-methyl/N-ethyl adjacent to an activating group) is 1. The number of allylic oxidation sites excluding steroid dienone is 1. The maximum Gasteiger partial charge on any atom is 0.340 e. The molecule has 0 spiro atoms. The number of carbonyl (C=O) groups is 2. The fourth-order valence-corrected chi connectivity index (χ4v) is 5.82. The average Bonchev–Trinajstić information content (AvgIpc) is 3.05. The van der Waals surface area contributed by atoms with Gasteiger partial charge in [0.25, 0.3) is 10.0 Å². The number of ketones is 1. The first kappa shape index (κ1) is 27.7. The van der Waals surface area contributed by atoms with E-state index in [-0.39, 0.29) is 21.2 Å². The van der Waals surface area contributed by atoms with Gasteiger partial charge in [-0.1, -0.05) is 61.3 Å². The predicted molar refractivity (Wildman–Crippen MR) is 150 cm³/mol. The van der Waals surface area contributed by atoms with Gasteiger partial charge in [-0.05, 0) is 54.4 Å². The minimum Gasteiger partial charge on any atom is -0.454 e. The quantitative estimate of drug-likeness (QED) is 0.270. The van der Waals surface area contributed by atoms with Gasteiger partial charge in [0, 0.05) is 34.9 Å². The molecule has 0 radical (unpaired) electrons. The summed E-state index contributed by atoms with van der Waals surface area (Å²) in [6, 6.07) is 16.3. The molecule has 198 valence electrons. The molecule has 0 unspecified atom stereocenters. The zero-order valence-electron chi connectivity index (χ0n) is 21.2. The molecule has 0 aliphatic carbocycles. The molecule has 0 saturated carbocycles. The van der Waals surface area contributed by atoms with Crippen LogP contribution < -0.4 is 9.62 Å². The number of benzene rings is 3. The summed E-state index contributed by atoms with van der Waals surface area (Å²) in [7, 11) is -2.19. The number of fused-ring (bicyclic) bond motifs is 1. The Morgan fingerprint density at radius 3 is 2.42 bits per heavy atom. The summed E-state index contributed by atoms with van der Waals surface area (Å²) < 4.78 is 33.5. The second kappa shape index (κ2) is 10.4. The normalized spacial score (nSPS) is 15.3. The first-order valence-electron chi connectivity index (χ1n) is 11.6. The molecule has 1 aliphatic rings. The third-order valence-corrected chi connectivity index (χ3v) is 8.59. The Morgan fingerprint density at radius 1 is 1.03 bits per heavy atom. The number of ether oxygens (including phenoxy) is 1. The summed E-state index contributed by atoms with van der Waals surface area (Å²) >= 11 is 12.3. The molecular formula is C28H26Cl2N2O5S. The van der Waals surface area contributed by atoms with Gasteiger partial charge in [0.1, 0.15) is 0 Å². The number of halogens is 2. The summed E-state index contributed by atoms with van der Waals surface area (Å²) in [5.74, 6) is -1.33. The van der Waals surface area contributed by atoms with Crippen LogP contribution in [0.3, 0.4) is 0 Å². The SMILES string of the molecule is Cc1ccc(NS(=O)(=O)c2ccc(Cl)c(C(=O)OCC(=O)C=C3N(C)c4ccccc4C3(C)C)c2)cc1Cl. The maximum absolute atomic E-state index is 12.9. The van der Waals surface area contributed by atoms with E-state index >= 15 is 0 Å². The second-order valence-electron chi connectivity index (χ2n) is 9.48. The van der Waals surface area contributed by atoms with Gasteiger partial charge in [0.2, 0.25) is 0 Å². The molecular weight excluding hydrogens is 547 g/mol. The minimum atomic E-state index is -4.07. The Balaban J connectivity index is 1.49. The van der Waals surface area contributed by atoms with Crippen LogP contribution in [-0.2, 0) is 25.0 Å². The van der Waals surface area contributed by atoms with Crippen molar-refractivity contribution in [1.82, 2.24) is 0 Å². The molecule has 1 aliphatic heterocycles. The highest BCUT2D eigenvalue weighted by molar-refractivity contribution is 7.92. The van der Waals surface area contributed by atoms with Crippen molar-refractivity contribution in [2.45, 2.75) is 31.1 Å². The number of hydrogen-bond donors (Lipinski definition) is 1. The van der Waals surface area contributed by atoms with E-state index in [4.69, 9.17) is 27.9 Å². The number of para-hydroxylation sites is 1. The molecule has 0 saturated heterocycles. The highest BCUT2D eigenvalue weighted by Crippen LogP contribution is 2.46. The standard InChI is InChI=1S/C28H26Cl2N2O5S/c1-17-9-10-18(13-24(17)30)31-38(35,36)20-11-12-23(29)21(15-20)27(34)37-16-19(33)14-26-28(2,3)22-7-5-6-8-25(22)32(26)4/h5-15,31H,16H2,1-4H3. The third-order valence-electron chi connectivity index (χ3n) is 6.48. The van der Waals surface area contributed by atoms with E-state index in [9.17, 15) is 18.0 Å². The molecule has 0 aromatic heterocycles. The van der Waals surface area contributed by atoms with Crippen molar-refractivity contribution < 1.29 is 22.7 Å². The third kappa shape index (κ3) is 5.43. The van der Waals surface area contributed by atoms with Gasteiger partial charge < -0.3 is 9.64 Å². The zero-order valence-corrected chi connectivity index (χ0v) is 23.5. The summed E-state index contributed by atoms with van der Waals surface area (Å²) in [5, 5.41) is 0.395. The molecule has 3 aromatic rings. The molecule has 38 heavy (non-hydrogen) atoms. The first-order chi connectivity index (χ1) is 17.8. The van der Waals surface area contributed by atoms with Crippen LogP contribution in [0.2, 0.25) is 10.0 Å². The number of carbonyl (C=O) groups excluding carboxylic acids is 2. The number of hydrogen-bond acceptors (Lipinski definition) is 6. The van der Waals surface area contributed by atoms with Gasteiger partial charge in [-0.15, -0.1) is 0 Å². The van der Waals surface area contributed by atoms with E-state index in [1.165, 1.54) is 24.3 Å². The average molecular weight is 573 g/mol. The van der Waals surface area contributed by atoms with Gasteiger partial charge in [0.05, 0.1) is 21.2 Å². The van der Waals surface area contributed by atoms with E-state index in [1.54, 1.807) is 19.1 Å². The number of aryl methyl sites for hydroxylation is 1. The molecule has 7 nitrogen and oxygen atoms in total. The zero-order chi connectivity index (χ0) is 27.8. The van der Waals surface area contributed by atoms with Gasteiger partial charge >= 0.3 is 5.97 Å². The highest BCUT2D eigenvalue weighted by Gasteiger charge is 2.38. The predicted octanol–water partition coefficient (Wildman–Crippen LogP) is 6.14. The van der Waals surface area contributed by atoms with Crippen molar-refractivity contribution in [3.05, 3.63) is 99.2 Å². The van der Waals surface area contributed by atoms with Crippen molar-refractivity contribution in [2.75, 3.05) is 23.3 Å². The van der Waals surface area contributed by atoms with Crippen molar-refractivity contribution in [2.24, 2.45) is 0 Å². The van der Waals surface area contributed by atoms with Crippen LogP contribution in [0.5, 0.6) is 0 Å². The number of anilines is 2. The van der Waals surface area contributed by atoms with E-state index in [0.717, 1.165) is 28.6 Å². The van der Waals surface area contributed by atoms with Crippen LogP contribution in [0.25, 0.3) is 0 Å². The first-order valence-corrected chi connectivity index (χ1v) is 13.9. The Labute approximate surface area is 232 Å². The van der Waals surface area contributed by atoms with E-state index in [2.05, 4.69) is 4.72 Å². The summed E-state index contributed by atoms with van der Waals surface area (Å²) in [6.07, 6.45) is 1.46. The Morgan fingerprint density at radius 2 is 1.74 bits per heavy atom. The molecule has 10 heteroatoms. The number of esters is 1. The fraction of sp³-hybridized carbons (Fsp3) is 0.214. The number of nitrogens with zero attached hydrogens (tertiary/aromatic N) is 1. The lowest BCUT2D eigenvalue weighted by molar-refractivity contribution is -0.117. The van der Waals surface area contributed by atoms with Crippen LogP contribution in [0.4, 0.5) is 11.4 Å². The van der Waals surface area contributed by atoms with Crippen LogP contribution in [-0.4, -0.2) is 33.8 Å². The van der Waals surface area contributed by atoms with Crippen molar-refractivity contribution in [3.63, 3.8) is 0 Å². The maximum atomic E-state index is 12.9. The lowest BCUT2D eigenvalue weighted by atomic mass is 9.83. The van der Waals surface area contributed by atoms with Crippen LogP contribution >= 0.6 is 23.2 Å². The topological polar surface area (TPSA) is 92.8 Å². The monoisotopic (exact) mass is 572 g/mol. The largest absolute Gasteiger partial charge is 0.454 e. The van der Waals surface area contributed by atoms with Gasteiger partial charge in [-0.25, -0.2) is 13.2 Å². The molecule has 3 aromatic carbocycles. The lowest BCUT2D eigenvalue weighted by Crippen LogP contribution is -2.25. The van der Waals surface area contributed by atoms with E-state index in [0.29, 0.717) is 5.02 Å². The Hall–Kier alpha value is -3.33. The number of nitrogens with one attached hydrogen (secondary N) is 1. The summed E-state index contributed by atoms with van der Waals surface area (Å²) in [6.45, 7) is 5.30. The number of rotatable bonds is 7. The van der Waals surface area contributed by atoms with E-state index < -0.39 is 33.8 Å². The molecule has 0 fully saturated rings. The number of sulfonamides is 1. The van der Waals surface area contributed by atoms with Crippen molar-refractivity contribution in [3.8, 4) is 0 Å². The Kier molecular flexibility index (Phi) is 7.61. The molecule has 0 amide bonds. The molecule has 1 N–H and O–H groups in total. The van der Waals surface area contributed by atoms with Gasteiger partial charge in [-0.2, -0.15) is 0 Å². The summed E-state index contributed by atoms with van der Waals surface area (Å²) in [4.78, 5) is 27.3. The van der Waals surface area contributed by atoms with Crippen LogP contribution in [0.1, 0.15) is 35.3 Å². The summed E-state index contributed by atoms with van der Waals surface area (Å²) in [5.41, 5.74) is 3.33. The Bertz CT molecular complexity index is 1580. The van der Waals surface area contributed by atoms with Crippen LogP contribution in [0.15, 0.2) is 77.3 Å².